The quantitative estimate of drug-likeness (QED) is 0.733. The molecule has 0 spiro atoms. The fraction of sp³-hybridized carbons (Fsp3) is 0.800. The highest BCUT2D eigenvalue weighted by Gasteiger charge is 2.34. The number of carbonyl (C=O) groups is 2. The summed E-state index contributed by atoms with van der Waals surface area (Å²) in [7, 11) is 0. The number of amides is 2. The van der Waals surface area contributed by atoms with Gasteiger partial charge in [0.2, 0.25) is 11.8 Å². The lowest BCUT2D eigenvalue weighted by Gasteiger charge is -2.31. The van der Waals surface area contributed by atoms with Crippen LogP contribution < -0.4 is 11.1 Å². The Bertz CT molecular complexity index is 269. The number of hydrogen-bond acceptors (Lipinski definition) is 3. The molecule has 0 saturated carbocycles. The fourth-order valence-corrected chi connectivity index (χ4v) is 1.91. The molecule has 1 fully saturated rings. The van der Waals surface area contributed by atoms with Crippen molar-refractivity contribution < 1.29 is 9.59 Å². The molecule has 5 nitrogen and oxygen atoms in total. The second-order valence-corrected chi connectivity index (χ2v) is 4.44. The molecule has 0 atom stereocenters. The zero-order chi connectivity index (χ0) is 11.5. The first-order valence-corrected chi connectivity index (χ1v) is 5.24. The molecule has 1 aliphatic rings. The van der Waals surface area contributed by atoms with Gasteiger partial charge in [-0.05, 0) is 26.7 Å². The van der Waals surface area contributed by atoms with Gasteiger partial charge in [-0.25, -0.2) is 0 Å². The first-order chi connectivity index (χ1) is 6.97. The smallest absolute Gasteiger partial charge is 0.242 e. The molecular formula is C10H20ClN3O2. The Kier molecular flexibility index (Phi) is 5.75. The Morgan fingerprint density at radius 2 is 2.06 bits per heavy atom. The van der Waals surface area contributed by atoms with Crippen LogP contribution in [0.2, 0.25) is 0 Å². The maximum atomic E-state index is 11.8. The summed E-state index contributed by atoms with van der Waals surface area (Å²) in [5.41, 5.74) is 5.05. The molecule has 1 aliphatic heterocycles. The number of nitrogens with two attached hydrogens (primary N) is 1. The van der Waals surface area contributed by atoms with Crippen molar-refractivity contribution in [2.45, 2.75) is 32.2 Å². The average Bonchev–Trinajstić information content (AvgIpc) is 2.53. The van der Waals surface area contributed by atoms with Crippen LogP contribution in [-0.4, -0.2) is 41.9 Å². The van der Waals surface area contributed by atoms with Gasteiger partial charge in [0.15, 0.2) is 0 Å². The Labute approximate surface area is 102 Å². The maximum absolute atomic E-state index is 11.8. The second kappa shape index (κ2) is 6.06. The van der Waals surface area contributed by atoms with Crippen molar-refractivity contribution in [1.29, 1.82) is 0 Å². The Hall–Kier alpha value is -0.810. The highest BCUT2D eigenvalue weighted by molar-refractivity contribution is 5.86. The normalized spacial score (nSPS) is 17.8. The highest BCUT2D eigenvalue weighted by Crippen LogP contribution is 2.27. The minimum Gasteiger partial charge on any atom is -0.346 e. The predicted molar refractivity (Wildman–Crippen MR) is 64.3 cm³/mol. The van der Waals surface area contributed by atoms with E-state index in [1.165, 1.54) is 0 Å². The van der Waals surface area contributed by atoms with E-state index >= 15 is 0 Å². The van der Waals surface area contributed by atoms with Gasteiger partial charge in [0, 0.05) is 12.1 Å². The molecule has 0 bridgehead atoms. The van der Waals surface area contributed by atoms with Gasteiger partial charge in [0.05, 0.1) is 13.1 Å². The molecule has 16 heavy (non-hydrogen) atoms. The summed E-state index contributed by atoms with van der Waals surface area (Å²) in [5, 5.41) is 2.49. The third-order valence-electron chi connectivity index (χ3n) is 2.82. The number of nitrogens with zero attached hydrogens (tertiary/aromatic N) is 1. The largest absolute Gasteiger partial charge is 0.346 e. The minimum atomic E-state index is -0.291. The first-order valence-electron chi connectivity index (χ1n) is 5.24. The van der Waals surface area contributed by atoms with Crippen LogP contribution >= 0.6 is 12.4 Å². The zero-order valence-corrected chi connectivity index (χ0v) is 10.6. The standard InChI is InChI=1S/C10H19N3O2.ClH/c1-10(2)4-3-5-13(10)9(15)7-12-8(14)6-11;/h3-7,11H2,1-2H3,(H,12,14);1H. The maximum Gasteiger partial charge on any atom is 0.242 e. The lowest BCUT2D eigenvalue weighted by molar-refractivity contribution is -0.135. The number of carbonyl (C=O) groups excluding carboxylic acids is 2. The van der Waals surface area contributed by atoms with Gasteiger partial charge in [0.25, 0.3) is 0 Å². The predicted octanol–water partition coefficient (Wildman–Crippen LogP) is -0.116. The summed E-state index contributed by atoms with van der Waals surface area (Å²) < 4.78 is 0. The Morgan fingerprint density at radius 1 is 1.44 bits per heavy atom. The summed E-state index contributed by atoms with van der Waals surface area (Å²) in [4.78, 5) is 24.5. The van der Waals surface area contributed by atoms with Gasteiger partial charge < -0.3 is 16.0 Å². The summed E-state index contributed by atoms with van der Waals surface area (Å²) in [6.45, 7) is 4.85. The van der Waals surface area contributed by atoms with Crippen molar-refractivity contribution >= 4 is 24.2 Å². The molecule has 0 radical (unpaired) electrons. The van der Waals surface area contributed by atoms with Crippen LogP contribution in [0, 0.1) is 0 Å². The molecule has 0 aromatic rings. The first kappa shape index (κ1) is 15.2. The van der Waals surface area contributed by atoms with E-state index in [4.69, 9.17) is 5.73 Å². The van der Waals surface area contributed by atoms with E-state index in [0.29, 0.717) is 0 Å². The van der Waals surface area contributed by atoms with Crippen LogP contribution in [0.5, 0.6) is 0 Å². The van der Waals surface area contributed by atoms with Gasteiger partial charge in [0.1, 0.15) is 0 Å². The monoisotopic (exact) mass is 249 g/mol. The molecule has 2 amide bonds. The molecule has 0 aliphatic carbocycles. The molecule has 1 rings (SSSR count). The van der Waals surface area contributed by atoms with Crippen LogP contribution in [0.15, 0.2) is 0 Å². The number of halogens is 1. The molecule has 0 aromatic heterocycles. The van der Waals surface area contributed by atoms with Crippen LogP contribution in [-0.2, 0) is 9.59 Å². The molecule has 1 heterocycles. The number of rotatable bonds is 3. The topological polar surface area (TPSA) is 75.4 Å². The van der Waals surface area contributed by atoms with Gasteiger partial charge in [-0.3, -0.25) is 9.59 Å². The van der Waals surface area contributed by atoms with E-state index in [1.54, 1.807) is 0 Å². The second-order valence-electron chi connectivity index (χ2n) is 4.44. The van der Waals surface area contributed by atoms with Gasteiger partial charge in [-0.2, -0.15) is 0 Å². The minimum absolute atomic E-state index is 0. The van der Waals surface area contributed by atoms with E-state index in [2.05, 4.69) is 5.32 Å². The molecule has 1 saturated heterocycles. The lowest BCUT2D eigenvalue weighted by Crippen LogP contribution is -2.48. The number of nitrogens with one attached hydrogen (secondary N) is 1. The molecule has 0 aromatic carbocycles. The summed E-state index contributed by atoms with van der Waals surface area (Å²) >= 11 is 0. The average molecular weight is 250 g/mol. The SMILES string of the molecule is CC1(C)CCCN1C(=O)CNC(=O)CN.Cl. The molecule has 94 valence electrons. The molecular weight excluding hydrogens is 230 g/mol. The summed E-state index contributed by atoms with van der Waals surface area (Å²) in [5.74, 6) is -0.320. The van der Waals surface area contributed by atoms with Crippen molar-refractivity contribution in [2.75, 3.05) is 19.6 Å². The highest BCUT2D eigenvalue weighted by atomic mass is 35.5. The lowest BCUT2D eigenvalue weighted by atomic mass is 10.0. The van der Waals surface area contributed by atoms with Crippen molar-refractivity contribution in [3.63, 3.8) is 0 Å². The van der Waals surface area contributed by atoms with E-state index in [-0.39, 0.29) is 42.8 Å². The van der Waals surface area contributed by atoms with Crippen LogP contribution in [0.25, 0.3) is 0 Å². The van der Waals surface area contributed by atoms with Gasteiger partial charge in [-0.1, -0.05) is 0 Å². The Morgan fingerprint density at radius 3 is 2.50 bits per heavy atom. The van der Waals surface area contributed by atoms with Crippen LogP contribution in [0.1, 0.15) is 26.7 Å². The van der Waals surface area contributed by atoms with Crippen LogP contribution in [0.4, 0.5) is 0 Å². The number of hydrogen-bond donors (Lipinski definition) is 2. The number of likely N-dealkylation sites (tertiary alicyclic amines) is 1. The zero-order valence-electron chi connectivity index (χ0n) is 9.78. The van der Waals surface area contributed by atoms with Gasteiger partial charge >= 0.3 is 0 Å². The van der Waals surface area contributed by atoms with Crippen molar-refractivity contribution in [3.8, 4) is 0 Å². The molecule has 3 N–H and O–H groups in total. The van der Waals surface area contributed by atoms with Crippen molar-refractivity contribution in [3.05, 3.63) is 0 Å². The molecule has 6 heteroatoms. The van der Waals surface area contributed by atoms with E-state index in [0.717, 1.165) is 19.4 Å². The van der Waals surface area contributed by atoms with E-state index < -0.39 is 0 Å². The van der Waals surface area contributed by atoms with E-state index in [9.17, 15) is 9.59 Å². The fourth-order valence-electron chi connectivity index (χ4n) is 1.91. The third-order valence-corrected chi connectivity index (χ3v) is 2.82. The summed E-state index contributed by atoms with van der Waals surface area (Å²) in [6, 6.07) is 0. The van der Waals surface area contributed by atoms with Crippen molar-refractivity contribution in [1.82, 2.24) is 10.2 Å². The van der Waals surface area contributed by atoms with Crippen molar-refractivity contribution in [2.24, 2.45) is 5.73 Å². The molecule has 0 unspecified atom stereocenters. The third kappa shape index (κ3) is 3.64. The van der Waals surface area contributed by atoms with Gasteiger partial charge in [-0.15, -0.1) is 12.4 Å². The Balaban J connectivity index is 0.00000225. The summed E-state index contributed by atoms with van der Waals surface area (Å²) in [6.07, 6.45) is 2.05. The van der Waals surface area contributed by atoms with Crippen LogP contribution in [0.3, 0.4) is 0 Å². The van der Waals surface area contributed by atoms with E-state index in [1.807, 2.05) is 18.7 Å².